The first kappa shape index (κ1) is 10.2. The Morgan fingerprint density at radius 3 is 2.71 bits per heavy atom. The molecule has 1 fully saturated rings. The van der Waals surface area contributed by atoms with Gasteiger partial charge in [0.05, 0.1) is 6.26 Å². The van der Waals surface area contributed by atoms with Crippen molar-refractivity contribution in [1.29, 1.82) is 0 Å². The first-order valence-corrected chi connectivity index (χ1v) is 5.64. The van der Waals surface area contributed by atoms with Crippen LogP contribution < -0.4 is 5.73 Å². The molecule has 1 unspecified atom stereocenters. The molecule has 1 aliphatic heterocycles. The summed E-state index contributed by atoms with van der Waals surface area (Å²) < 4.78 is 11.2. The van der Waals surface area contributed by atoms with Gasteiger partial charge in [0, 0.05) is 24.8 Å². The Hall–Kier alpha value is -0.320. The van der Waals surface area contributed by atoms with E-state index in [4.69, 9.17) is 14.9 Å². The summed E-state index contributed by atoms with van der Waals surface area (Å²) >= 11 is 3.28. The van der Waals surface area contributed by atoms with Gasteiger partial charge in [-0.3, -0.25) is 0 Å². The van der Waals surface area contributed by atoms with E-state index in [0.29, 0.717) is 5.92 Å². The molecule has 1 saturated heterocycles. The van der Waals surface area contributed by atoms with Crippen LogP contribution in [-0.2, 0) is 4.74 Å². The van der Waals surface area contributed by atoms with Gasteiger partial charge in [-0.05, 0) is 40.8 Å². The second-order valence-electron chi connectivity index (χ2n) is 3.66. The van der Waals surface area contributed by atoms with Crippen molar-refractivity contribution < 1.29 is 9.15 Å². The number of hydrogen-bond acceptors (Lipinski definition) is 3. The van der Waals surface area contributed by atoms with E-state index in [1.807, 2.05) is 6.07 Å². The van der Waals surface area contributed by atoms with E-state index in [1.54, 1.807) is 6.26 Å². The summed E-state index contributed by atoms with van der Waals surface area (Å²) in [7, 11) is 0. The Labute approximate surface area is 91.7 Å². The van der Waals surface area contributed by atoms with Gasteiger partial charge >= 0.3 is 0 Å². The van der Waals surface area contributed by atoms with Crippen molar-refractivity contribution in [3.05, 3.63) is 22.6 Å². The lowest BCUT2D eigenvalue weighted by Gasteiger charge is -2.26. The second-order valence-corrected chi connectivity index (χ2v) is 4.44. The Kier molecular flexibility index (Phi) is 3.26. The zero-order valence-electron chi connectivity index (χ0n) is 7.91. The smallest absolute Gasteiger partial charge is 0.169 e. The molecule has 0 radical (unpaired) electrons. The van der Waals surface area contributed by atoms with Gasteiger partial charge in [-0.1, -0.05) is 0 Å². The van der Waals surface area contributed by atoms with Gasteiger partial charge in [-0.25, -0.2) is 0 Å². The van der Waals surface area contributed by atoms with Crippen molar-refractivity contribution in [3.63, 3.8) is 0 Å². The average Bonchev–Trinajstić information content (AvgIpc) is 2.65. The molecule has 2 heterocycles. The van der Waals surface area contributed by atoms with Crippen molar-refractivity contribution in [2.45, 2.75) is 18.9 Å². The van der Waals surface area contributed by atoms with E-state index in [1.165, 1.54) is 0 Å². The number of furan rings is 1. The highest BCUT2D eigenvalue weighted by molar-refractivity contribution is 9.10. The van der Waals surface area contributed by atoms with Gasteiger partial charge in [-0.2, -0.15) is 0 Å². The number of ether oxygens (including phenoxy) is 1. The minimum absolute atomic E-state index is 0.0777. The lowest BCUT2D eigenvalue weighted by Crippen LogP contribution is -2.27. The highest BCUT2D eigenvalue weighted by Crippen LogP contribution is 2.30. The fraction of sp³-hybridized carbons (Fsp3) is 0.600. The first-order valence-electron chi connectivity index (χ1n) is 4.84. The van der Waals surface area contributed by atoms with Crippen LogP contribution in [0.15, 0.2) is 21.4 Å². The van der Waals surface area contributed by atoms with Crippen LogP contribution in [0.1, 0.15) is 24.4 Å². The maximum absolute atomic E-state index is 6.15. The predicted molar refractivity (Wildman–Crippen MR) is 56.9 cm³/mol. The van der Waals surface area contributed by atoms with Gasteiger partial charge in [0.15, 0.2) is 4.67 Å². The molecule has 1 aromatic rings. The largest absolute Gasteiger partial charge is 0.457 e. The van der Waals surface area contributed by atoms with Crippen LogP contribution >= 0.6 is 15.9 Å². The topological polar surface area (TPSA) is 48.4 Å². The molecule has 4 heteroatoms. The van der Waals surface area contributed by atoms with E-state index in [9.17, 15) is 0 Å². The summed E-state index contributed by atoms with van der Waals surface area (Å²) in [5.74, 6) is 0.522. The fourth-order valence-corrected chi connectivity index (χ4v) is 2.20. The Bertz CT molecular complexity index is 294. The number of halogens is 1. The minimum Gasteiger partial charge on any atom is -0.457 e. The SMILES string of the molecule is NC(c1coc(Br)c1)C1CCOCC1. The molecule has 14 heavy (non-hydrogen) atoms. The van der Waals surface area contributed by atoms with Crippen molar-refractivity contribution in [2.24, 2.45) is 11.7 Å². The highest BCUT2D eigenvalue weighted by Gasteiger charge is 2.23. The normalized spacial score (nSPS) is 21.0. The third-order valence-electron chi connectivity index (χ3n) is 2.75. The molecule has 1 aromatic heterocycles. The molecule has 1 aliphatic rings. The Balaban J connectivity index is 2.03. The highest BCUT2D eigenvalue weighted by atomic mass is 79.9. The molecule has 0 spiro atoms. The maximum Gasteiger partial charge on any atom is 0.169 e. The van der Waals surface area contributed by atoms with Crippen LogP contribution in [0.3, 0.4) is 0 Å². The fourth-order valence-electron chi connectivity index (χ4n) is 1.85. The van der Waals surface area contributed by atoms with Crippen LogP contribution in [0.2, 0.25) is 0 Å². The first-order chi connectivity index (χ1) is 6.77. The predicted octanol–water partition coefficient (Wildman–Crippen LogP) is 2.47. The molecule has 2 N–H and O–H groups in total. The van der Waals surface area contributed by atoms with Crippen molar-refractivity contribution >= 4 is 15.9 Å². The summed E-state index contributed by atoms with van der Waals surface area (Å²) in [5, 5.41) is 0. The standard InChI is InChI=1S/C10H14BrNO2/c11-9-5-8(6-14-9)10(12)7-1-3-13-4-2-7/h5-7,10H,1-4,12H2. The minimum atomic E-state index is 0.0777. The van der Waals surface area contributed by atoms with Gasteiger partial charge in [0.2, 0.25) is 0 Å². The molecular weight excluding hydrogens is 246 g/mol. The summed E-state index contributed by atoms with van der Waals surface area (Å²) in [6.45, 7) is 1.66. The molecule has 0 aliphatic carbocycles. The molecule has 0 bridgehead atoms. The van der Waals surface area contributed by atoms with Crippen LogP contribution in [0, 0.1) is 5.92 Å². The van der Waals surface area contributed by atoms with Gasteiger partial charge in [0.1, 0.15) is 0 Å². The summed E-state index contributed by atoms with van der Waals surface area (Å²) in [5.41, 5.74) is 7.22. The third kappa shape index (κ3) is 2.19. The van der Waals surface area contributed by atoms with Crippen LogP contribution in [0.4, 0.5) is 0 Å². The van der Waals surface area contributed by atoms with Crippen molar-refractivity contribution in [1.82, 2.24) is 0 Å². The lowest BCUT2D eigenvalue weighted by atomic mass is 9.89. The molecule has 78 valence electrons. The third-order valence-corrected chi connectivity index (χ3v) is 3.16. The van der Waals surface area contributed by atoms with Gasteiger partial charge < -0.3 is 14.9 Å². The molecular formula is C10H14BrNO2. The Morgan fingerprint density at radius 2 is 2.14 bits per heavy atom. The zero-order valence-corrected chi connectivity index (χ0v) is 9.50. The Morgan fingerprint density at radius 1 is 1.43 bits per heavy atom. The molecule has 0 amide bonds. The number of nitrogens with two attached hydrogens (primary N) is 1. The van der Waals surface area contributed by atoms with Crippen LogP contribution in [-0.4, -0.2) is 13.2 Å². The molecule has 3 nitrogen and oxygen atoms in total. The van der Waals surface area contributed by atoms with Crippen LogP contribution in [0.25, 0.3) is 0 Å². The monoisotopic (exact) mass is 259 g/mol. The number of hydrogen-bond donors (Lipinski definition) is 1. The van der Waals surface area contributed by atoms with E-state index < -0.39 is 0 Å². The zero-order chi connectivity index (χ0) is 9.97. The van der Waals surface area contributed by atoms with Gasteiger partial charge in [0.25, 0.3) is 0 Å². The second kappa shape index (κ2) is 4.47. The number of rotatable bonds is 2. The average molecular weight is 260 g/mol. The van der Waals surface area contributed by atoms with E-state index in [2.05, 4.69) is 15.9 Å². The molecule has 1 atom stereocenters. The van der Waals surface area contributed by atoms with Crippen molar-refractivity contribution in [2.75, 3.05) is 13.2 Å². The molecule has 2 rings (SSSR count). The van der Waals surface area contributed by atoms with E-state index >= 15 is 0 Å². The van der Waals surface area contributed by atoms with Crippen molar-refractivity contribution in [3.8, 4) is 0 Å². The summed E-state index contributed by atoms with van der Waals surface area (Å²) in [6.07, 6.45) is 3.82. The lowest BCUT2D eigenvalue weighted by molar-refractivity contribution is 0.0583. The maximum atomic E-state index is 6.15. The van der Waals surface area contributed by atoms with E-state index in [0.717, 1.165) is 36.3 Å². The molecule has 0 aromatic carbocycles. The van der Waals surface area contributed by atoms with E-state index in [-0.39, 0.29) is 6.04 Å². The summed E-state index contributed by atoms with van der Waals surface area (Å²) in [4.78, 5) is 0. The quantitative estimate of drug-likeness (QED) is 0.888. The van der Waals surface area contributed by atoms with Crippen LogP contribution in [0.5, 0.6) is 0 Å². The molecule has 0 saturated carbocycles. The van der Waals surface area contributed by atoms with Gasteiger partial charge in [-0.15, -0.1) is 0 Å². The summed E-state index contributed by atoms with van der Waals surface area (Å²) in [6, 6.07) is 2.02.